The number of nitrogen functional groups attached to an aromatic ring is 1. The maximum atomic E-state index is 12.3. The molecule has 4 fully saturated rings. The number of hydrogen-bond donors (Lipinski definition) is 2. The third-order valence-electron chi connectivity index (χ3n) is 17.8. The van der Waals surface area contributed by atoms with Crippen LogP contribution in [0, 0.1) is 13.8 Å². The van der Waals surface area contributed by atoms with E-state index in [9.17, 15) is 13.2 Å². The Balaban J connectivity index is 0.000000128. The predicted molar refractivity (Wildman–Crippen MR) is 423 cm³/mol. The minimum Gasteiger partial charge on any atom is -0.406 e. The molecule has 0 unspecified atom stereocenters. The van der Waals surface area contributed by atoms with E-state index in [-0.39, 0.29) is 5.75 Å². The number of aromatic nitrogens is 14. The van der Waals surface area contributed by atoms with Crippen molar-refractivity contribution < 1.29 is 17.9 Å². The Kier molecular flexibility index (Phi) is 27.3. The third kappa shape index (κ3) is 23.3. The standard InChI is InChI=1S/C21H16F3N5O.C14H11ClN4.C11H12N2.C10H10N2.C7H9N.C4H2Cl2N2.3C4H9.HI.Sn/c22-21(23,24)30-15-8-6-14(7-9-15)26-19-11-25-10-16(27-19)18-2-1-3-20-28-17(12-29(18)20)13-4-5-13;15-13-7-16-6-10(17-13)12-2-1-3-14-18-11(8-19(12)14)9-4-5-9;1-8-3-2-4-11-12-10(7-13(8)11)9-5-6-9;1-2-6-12-7-9(8-4-5-8)11-10(12)3-1;1-6-2-4-7(8)5-3-6;5-3-1-7-2-4(6)8-3;3*1-3-4-2;;/h1-3,6-13H,4-5H2,(H,26,27);1-3,6-9H,4-5H2;2-4,7,9H,5-6H2,1H3;1-3,6-8H,4-5H2;2-5H,8H2,1H3;1-2H;3*1,3-4H2,2H3;1H;/q;;;;;;;;;;+1/p-1. The van der Waals surface area contributed by atoms with E-state index < -0.39 is 20.8 Å². The molecule has 0 aliphatic heterocycles. The van der Waals surface area contributed by atoms with Crippen molar-refractivity contribution in [1.29, 1.82) is 0 Å². The number of nitrogens with two attached hydrogens (primary N) is 1. The van der Waals surface area contributed by atoms with Crippen LogP contribution >= 0.6 is 53.4 Å². The zero-order chi connectivity index (χ0) is 73.2. The molecule has 0 atom stereocenters. The monoisotopic (exact) mass is 1680 g/mol. The quantitative estimate of drug-likeness (QED) is 0.0468. The Bertz CT molecular complexity index is 4790. The van der Waals surface area contributed by atoms with E-state index in [0.29, 0.717) is 44.5 Å². The van der Waals surface area contributed by atoms with E-state index in [0.717, 1.165) is 62.9 Å². The van der Waals surface area contributed by atoms with Crippen LogP contribution < -0.4 is 15.8 Å². The smallest absolute Gasteiger partial charge is 0.406 e. The van der Waals surface area contributed by atoms with Gasteiger partial charge in [0.25, 0.3) is 0 Å². The van der Waals surface area contributed by atoms with Crippen LogP contribution in [0.15, 0.2) is 189 Å². The van der Waals surface area contributed by atoms with Crippen molar-refractivity contribution >= 4 is 108 Å². The van der Waals surface area contributed by atoms with Crippen molar-refractivity contribution in [2.24, 2.45) is 0 Å². The minimum atomic E-state index is -4.72. The summed E-state index contributed by atoms with van der Waals surface area (Å²) in [6, 6.07) is 37.4. The molecule has 13 aromatic rings. The van der Waals surface area contributed by atoms with Crippen molar-refractivity contribution in [3.63, 3.8) is 0 Å². The summed E-state index contributed by atoms with van der Waals surface area (Å²) in [4.78, 5) is 43.1. The van der Waals surface area contributed by atoms with Gasteiger partial charge in [-0.2, -0.15) is 0 Å². The van der Waals surface area contributed by atoms with E-state index in [1.54, 1.807) is 31.9 Å². The number of unbranched alkanes of at least 4 members (excludes halogenated alkanes) is 3. The summed E-state index contributed by atoms with van der Waals surface area (Å²) < 4.78 is 54.0. The maximum Gasteiger partial charge on any atom is 0.573 e. The molecular formula is C79H87Cl3F3IN16OSn. The second-order valence-electron chi connectivity index (χ2n) is 26.7. The topological polar surface area (TPSA) is 194 Å². The van der Waals surface area contributed by atoms with E-state index >= 15 is 0 Å². The summed E-state index contributed by atoms with van der Waals surface area (Å²) in [7, 11) is 0. The van der Waals surface area contributed by atoms with Crippen molar-refractivity contribution in [3.05, 3.63) is 239 Å². The van der Waals surface area contributed by atoms with Crippen molar-refractivity contribution in [2.75, 3.05) is 11.1 Å². The number of pyridine rings is 4. The number of aryl methyl sites for hydroxylation is 2. The molecule has 17 nitrogen and oxygen atoms in total. The fourth-order valence-corrected chi connectivity index (χ4v) is 30.3. The van der Waals surface area contributed by atoms with Crippen LogP contribution in [0.1, 0.15) is 168 Å². The molecule has 0 amide bonds. The van der Waals surface area contributed by atoms with E-state index in [4.69, 9.17) is 45.5 Å². The van der Waals surface area contributed by atoms with E-state index in [1.807, 2.05) is 103 Å². The molecule has 104 heavy (non-hydrogen) atoms. The Morgan fingerprint density at radius 2 is 0.923 bits per heavy atom. The van der Waals surface area contributed by atoms with Gasteiger partial charge in [-0.15, -0.1) is 13.2 Å². The van der Waals surface area contributed by atoms with Crippen LogP contribution in [0.5, 0.6) is 5.75 Å². The number of hydrogen-bond acceptors (Lipinski definition) is 13. The Morgan fingerprint density at radius 3 is 1.37 bits per heavy atom. The Hall–Kier alpha value is -7.97. The first kappa shape index (κ1) is 77.1. The predicted octanol–water partition coefficient (Wildman–Crippen LogP) is 22.5. The molecule has 11 heterocycles. The van der Waals surface area contributed by atoms with Gasteiger partial charge >= 0.3 is 112 Å². The average Bonchev–Trinajstić information content (AvgIpc) is 1.62. The average molecular weight is 1690 g/mol. The van der Waals surface area contributed by atoms with Gasteiger partial charge in [-0.25, -0.2) is 34.9 Å². The molecule has 11 aromatic heterocycles. The molecule has 0 spiro atoms. The normalized spacial score (nSPS) is 13.9. The maximum absolute atomic E-state index is 12.3. The molecule has 2 aromatic carbocycles. The van der Waals surface area contributed by atoms with Gasteiger partial charge in [0.05, 0.1) is 71.3 Å². The van der Waals surface area contributed by atoms with Crippen LogP contribution in [0.4, 0.5) is 30.4 Å². The van der Waals surface area contributed by atoms with E-state index in [1.165, 1.54) is 161 Å². The number of benzene rings is 2. The summed E-state index contributed by atoms with van der Waals surface area (Å²) >= 11 is 18.0. The van der Waals surface area contributed by atoms with Crippen LogP contribution in [0.3, 0.4) is 0 Å². The molecule has 25 heteroatoms. The van der Waals surface area contributed by atoms with Crippen molar-refractivity contribution in [2.45, 2.75) is 168 Å². The molecule has 4 saturated carbocycles. The number of halogens is 7. The molecule has 0 radical (unpaired) electrons. The number of nitrogens with one attached hydrogen (secondary N) is 1. The second kappa shape index (κ2) is 36.8. The van der Waals surface area contributed by atoms with Gasteiger partial charge in [0.2, 0.25) is 0 Å². The van der Waals surface area contributed by atoms with Crippen molar-refractivity contribution in [3.8, 4) is 28.5 Å². The van der Waals surface area contributed by atoms with Crippen LogP contribution in [0.2, 0.25) is 28.8 Å². The van der Waals surface area contributed by atoms with Crippen LogP contribution in [0.25, 0.3) is 45.4 Å². The largest absolute Gasteiger partial charge is 0.573 e. The summed E-state index contributed by atoms with van der Waals surface area (Å²) in [6.07, 6.45) is 34.0. The number of nitrogens with zero attached hydrogens (tertiary/aromatic N) is 14. The van der Waals surface area contributed by atoms with Gasteiger partial charge in [0.1, 0.15) is 61.0 Å². The first-order chi connectivity index (χ1) is 50.3. The zero-order valence-electron chi connectivity index (χ0n) is 59.1. The molecule has 4 aliphatic rings. The van der Waals surface area contributed by atoms with Gasteiger partial charge < -0.3 is 24.6 Å². The summed E-state index contributed by atoms with van der Waals surface area (Å²) in [5, 5.41) is 4.08. The SMILES string of the molecule is CCC[CH2][Sn]([I])([CH2]CCC)[CH2]CCC.Cc1ccc(N)cc1.Cc1cccc2nc(C3CC3)cn12.Clc1cncc(-c2cccc3nc(C4CC4)cn23)n1.Clc1cncc(Cl)n1.FC(F)(F)Oc1ccc(Nc2cncc(-c3cccc4nc(C5CC5)cn34)n2)cc1.c1ccn2cc(C3CC3)nc2c1. The molecule has 4 aliphatic carbocycles. The zero-order valence-corrected chi connectivity index (χ0v) is 66.4. The fraction of sp³-hybridized carbons (Fsp3) is 0.342. The van der Waals surface area contributed by atoms with Gasteiger partial charge in [-0.05, 0) is 150 Å². The third-order valence-corrected chi connectivity index (χ3v) is 39.9. The number of imidazole rings is 4. The number of anilines is 3. The molecule has 17 rings (SSSR count). The van der Waals surface area contributed by atoms with Crippen molar-refractivity contribution in [1.82, 2.24) is 67.4 Å². The van der Waals surface area contributed by atoms with E-state index in [2.05, 4.69) is 151 Å². The fourth-order valence-electron chi connectivity index (χ4n) is 11.5. The summed E-state index contributed by atoms with van der Waals surface area (Å²) in [6.45, 7) is 11.2. The molecular weight excluding hydrogens is 1600 g/mol. The molecule has 0 saturated heterocycles. The summed E-state index contributed by atoms with van der Waals surface area (Å²) in [5.41, 5.74) is 21.3. The molecule has 542 valence electrons. The second-order valence-corrected chi connectivity index (χ2v) is 54.0. The Morgan fingerprint density at radius 1 is 0.490 bits per heavy atom. The van der Waals surface area contributed by atoms with Gasteiger partial charge in [-0.3, -0.25) is 23.8 Å². The molecule has 0 bridgehead atoms. The van der Waals surface area contributed by atoms with Gasteiger partial charge in [0, 0.05) is 71.7 Å². The first-order valence-electron chi connectivity index (χ1n) is 35.7. The number of fused-ring (bicyclic) bond motifs is 4. The van der Waals surface area contributed by atoms with Crippen LogP contribution in [-0.2, 0) is 0 Å². The van der Waals surface area contributed by atoms with Gasteiger partial charge in [0.15, 0.2) is 0 Å². The molecule has 3 N–H and O–H groups in total. The van der Waals surface area contributed by atoms with Crippen LogP contribution in [-0.4, -0.2) is 88.2 Å². The number of alkyl halides is 3. The minimum absolute atomic E-state index is 0.286. The first-order valence-corrected chi connectivity index (χ1v) is 51.2. The van der Waals surface area contributed by atoms with Gasteiger partial charge in [-0.1, -0.05) is 76.8 Å². The number of ether oxygens (including phenoxy) is 1. The Labute approximate surface area is 634 Å². The number of rotatable bonds is 18. The summed E-state index contributed by atoms with van der Waals surface area (Å²) in [5.74, 6) is 2.87.